The van der Waals surface area contributed by atoms with Gasteiger partial charge in [-0.1, -0.05) is 30.3 Å². The van der Waals surface area contributed by atoms with E-state index in [0.717, 1.165) is 5.56 Å². The van der Waals surface area contributed by atoms with E-state index in [0.29, 0.717) is 12.0 Å². The van der Waals surface area contributed by atoms with Gasteiger partial charge in [-0.3, -0.25) is 4.79 Å². The summed E-state index contributed by atoms with van der Waals surface area (Å²) in [6.45, 7) is 0. The van der Waals surface area contributed by atoms with Gasteiger partial charge in [-0.05, 0) is 23.6 Å². The number of aliphatic carboxylic acids is 1. The highest BCUT2D eigenvalue weighted by Gasteiger charge is 2.41. The Morgan fingerprint density at radius 1 is 1.22 bits per heavy atom. The van der Waals surface area contributed by atoms with Crippen LogP contribution in [0.1, 0.15) is 21.5 Å². The third-order valence-corrected chi connectivity index (χ3v) is 4.84. The van der Waals surface area contributed by atoms with Gasteiger partial charge in [0.1, 0.15) is 0 Å². The second-order valence-electron chi connectivity index (χ2n) is 5.12. The van der Waals surface area contributed by atoms with Crippen molar-refractivity contribution < 1.29 is 23.1 Å². The number of Topliss-reactive ketones (excluding diaryl/α,β-unsaturated/α-hetero) is 1. The average Bonchev–Trinajstić information content (AvgIpc) is 2.51. The van der Waals surface area contributed by atoms with E-state index in [4.69, 9.17) is 5.11 Å². The molecule has 0 bridgehead atoms. The molecule has 1 aromatic heterocycles. The summed E-state index contributed by atoms with van der Waals surface area (Å²) in [5, 5.41) is 8.57. The lowest BCUT2D eigenvalue weighted by molar-refractivity contribution is -0.137. The molecule has 0 amide bonds. The molecule has 0 radical (unpaired) electrons. The maximum atomic E-state index is 12.2. The minimum Gasteiger partial charge on any atom is -0.480 e. The molecule has 1 aliphatic heterocycles. The highest BCUT2D eigenvalue weighted by atomic mass is 32.2. The molecule has 2 aromatic rings. The van der Waals surface area contributed by atoms with E-state index in [1.165, 1.54) is 12.3 Å². The normalized spacial score (nSPS) is 19.1. The highest BCUT2D eigenvalue weighted by molar-refractivity contribution is 7.89. The second-order valence-corrected chi connectivity index (χ2v) is 6.74. The number of nitrogens with one attached hydrogen (secondary N) is 1. The minimum absolute atomic E-state index is 0.190. The molecule has 0 fully saturated rings. The Morgan fingerprint density at radius 3 is 2.57 bits per heavy atom. The summed E-state index contributed by atoms with van der Waals surface area (Å²) in [5.41, 5.74) is 1.40. The third-order valence-electron chi connectivity index (χ3n) is 3.46. The Hall–Kier alpha value is -2.58. The topological polar surface area (TPSA) is 113 Å². The maximum absolute atomic E-state index is 12.2. The number of pyridine rings is 1. The fraction of sp³-hybridized carbons (Fsp3) is 0.133. The van der Waals surface area contributed by atoms with Gasteiger partial charge in [-0.2, -0.15) is 4.72 Å². The number of carboxylic acids is 1. The molecule has 2 N–H and O–H groups in total. The Balaban J connectivity index is 2.04. The van der Waals surface area contributed by atoms with Gasteiger partial charge in [0.05, 0.1) is 5.56 Å². The Morgan fingerprint density at radius 2 is 1.91 bits per heavy atom. The summed E-state index contributed by atoms with van der Waals surface area (Å²) in [7, 11) is -4.12. The molecule has 0 saturated carbocycles. The van der Waals surface area contributed by atoms with Crippen LogP contribution >= 0.6 is 0 Å². The summed E-state index contributed by atoms with van der Waals surface area (Å²) in [6, 6.07) is 8.95. The van der Waals surface area contributed by atoms with Crippen LogP contribution in [0.25, 0.3) is 0 Å². The summed E-state index contributed by atoms with van der Waals surface area (Å²) < 4.78 is 25.9. The van der Waals surface area contributed by atoms with Gasteiger partial charge in [0.2, 0.25) is 0 Å². The van der Waals surface area contributed by atoms with Crippen LogP contribution in [0.3, 0.4) is 0 Å². The predicted molar refractivity (Wildman–Crippen MR) is 79.6 cm³/mol. The van der Waals surface area contributed by atoms with Crippen LogP contribution in [0, 0.1) is 0 Å². The van der Waals surface area contributed by atoms with Crippen molar-refractivity contribution in [1.82, 2.24) is 9.71 Å². The van der Waals surface area contributed by atoms with E-state index in [-0.39, 0.29) is 5.56 Å². The standard InChI is InChI=1S/C15H12N2O5S/c18-13-11-7-10(6-9-4-2-1-3-5-9)8-16-14(11)23(21,22)17-12(13)15(19)20/h1-5,7-8,12,17H,6H2,(H,19,20). The molecule has 1 aliphatic rings. The molecule has 2 heterocycles. The number of carbonyl (C=O) groups excluding carboxylic acids is 1. The molecular weight excluding hydrogens is 320 g/mol. The molecule has 23 heavy (non-hydrogen) atoms. The predicted octanol–water partition coefficient (Wildman–Crippen LogP) is 0.600. The number of sulfonamides is 1. The van der Waals surface area contributed by atoms with Crippen LogP contribution in [0.5, 0.6) is 0 Å². The molecule has 1 unspecified atom stereocenters. The van der Waals surface area contributed by atoms with Crippen molar-refractivity contribution in [2.24, 2.45) is 0 Å². The Labute approximate surface area is 132 Å². The minimum atomic E-state index is -4.12. The van der Waals surface area contributed by atoms with E-state index in [1.807, 2.05) is 35.1 Å². The lowest BCUT2D eigenvalue weighted by Crippen LogP contribution is -2.50. The van der Waals surface area contributed by atoms with Gasteiger partial charge in [0.15, 0.2) is 16.9 Å². The SMILES string of the molecule is O=C(O)C1NS(=O)(=O)c2ncc(Cc3ccccc3)cc2C1=O. The van der Waals surface area contributed by atoms with Gasteiger partial charge < -0.3 is 5.11 Å². The largest absolute Gasteiger partial charge is 0.480 e. The lowest BCUT2D eigenvalue weighted by atomic mass is 10.0. The Bertz CT molecular complexity index is 893. The number of aromatic nitrogens is 1. The molecular formula is C15H12N2O5S. The van der Waals surface area contributed by atoms with Crippen LogP contribution in [0.4, 0.5) is 0 Å². The second kappa shape index (κ2) is 5.56. The first-order valence-corrected chi connectivity index (χ1v) is 8.19. The molecule has 0 spiro atoms. The van der Waals surface area contributed by atoms with Crippen molar-refractivity contribution in [3.63, 3.8) is 0 Å². The molecule has 3 rings (SSSR count). The lowest BCUT2D eigenvalue weighted by Gasteiger charge is -2.21. The molecule has 1 aromatic carbocycles. The van der Waals surface area contributed by atoms with Gasteiger partial charge in [0.25, 0.3) is 10.0 Å². The molecule has 118 valence electrons. The quantitative estimate of drug-likeness (QED) is 0.796. The number of fused-ring (bicyclic) bond motifs is 1. The fourth-order valence-electron chi connectivity index (χ4n) is 2.40. The molecule has 7 nitrogen and oxygen atoms in total. The maximum Gasteiger partial charge on any atom is 0.329 e. The van der Waals surface area contributed by atoms with E-state index >= 15 is 0 Å². The van der Waals surface area contributed by atoms with Gasteiger partial charge in [0, 0.05) is 6.20 Å². The van der Waals surface area contributed by atoms with E-state index < -0.39 is 32.8 Å². The number of nitrogens with zero attached hydrogens (tertiary/aromatic N) is 1. The van der Waals surface area contributed by atoms with Crippen molar-refractivity contribution in [2.45, 2.75) is 17.5 Å². The van der Waals surface area contributed by atoms with Crippen LogP contribution in [0.15, 0.2) is 47.6 Å². The first-order valence-electron chi connectivity index (χ1n) is 6.71. The smallest absolute Gasteiger partial charge is 0.329 e. The first kappa shape index (κ1) is 15.3. The van der Waals surface area contributed by atoms with Crippen LogP contribution < -0.4 is 4.72 Å². The number of carbonyl (C=O) groups is 2. The summed E-state index contributed by atoms with van der Waals surface area (Å²) >= 11 is 0. The van der Waals surface area contributed by atoms with Crippen molar-refractivity contribution in [2.75, 3.05) is 0 Å². The number of rotatable bonds is 3. The number of carboxylic acid groups (broad SMARTS) is 1. The molecule has 1 atom stereocenters. The van der Waals surface area contributed by atoms with E-state index in [9.17, 15) is 18.0 Å². The summed E-state index contributed by atoms with van der Waals surface area (Å²) in [4.78, 5) is 27.1. The van der Waals surface area contributed by atoms with Crippen LogP contribution in [-0.2, 0) is 21.2 Å². The third kappa shape index (κ3) is 2.86. The van der Waals surface area contributed by atoms with Crippen molar-refractivity contribution in [3.05, 3.63) is 59.3 Å². The highest BCUT2D eigenvalue weighted by Crippen LogP contribution is 2.23. The van der Waals surface area contributed by atoms with Gasteiger partial charge in [-0.25, -0.2) is 18.2 Å². The monoisotopic (exact) mass is 332 g/mol. The van der Waals surface area contributed by atoms with E-state index in [2.05, 4.69) is 4.98 Å². The van der Waals surface area contributed by atoms with Gasteiger partial charge in [-0.15, -0.1) is 0 Å². The first-order chi connectivity index (χ1) is 10.9. The number of ketones is 1. The number of hydrogen-bond donors (Lipinski definition) is 2. The van der Waals surface area contributed by atoms with Crippen molar-refractivity contribution in [1.29, 1.82) is 0 Å². The van der Waals surface area contributed by atoms with Crippen LogP contribution in [0.2, 0.25) is 0 Å². The summed E-state index contributed by atoms with van der Waals surface area (Å²) in [6.07, 6.45) is 1.83. The molecule has 0 aliphatic carbocycles. The fourth-order valence-corrected chi connectivity index (χ4v) is 3.67. The molecule has 8 heteroatoms. The van der Waals surface area contributed by atoms with Crippen molar-refractivity contribution in [3.8, 4) is 0 Å². The zero-order chi connectivity index (χ0) is 16.6. The zero-order valence-electron chi connectivity index (χ0n) is 11.8. The average molecular weight is 332 g/mol. The Kier molecular flexibility index (Phi) is 3.70. The summed E-state index contributed by atoms with van der Waals surface area (Å²) in [5.74, 6) is -2.36. The van der Waals surface area contributed by atoms with Gasteiger partial charge >= 0.3 is 5.97 Å². The van der Waals surface area contributed by atoms with E-state index in [1.54, 1.807) is 0 Å². The number of hydrogen-bond acceptors (Lipinski definition) is 5. The molecule has 0 saturated heterocycles. The zero-order valence-corrected chi connectivity index (χ0v) is 12.6. The van der Waals surface area contributed by atoms with Crippen molar-refractivity contribution >= 4 is 21.8 Å². The van der Waals surface area contributed by atoms with Crippen LogP contribution in [-0.4, -0.2) is 36.3 Å². The number of benzene rings is 1.